The monoisotopic (exact) mass is 297 g/mol. The topological polar surface area (TPSA) is 59.4 Å². The quantitative estimate of drug-likeness (QED) is 0.923. The van der Waals surface area contributed by atoms with Gasteiger partial charge in [0, 0.05) is 11.8 Å². The molecule has 0 unspecified atom stereocenters. The van der Waals surface area contributed by atoms with Gasteiger partial charge in [0.1, 0.15) is 10.8 Å². The molecule has 1 aromatic heterocycles. The van der Waals surface area contributed by atoms with Gasteiger partial charge < -0.3 is 9.84 Å². The van der Waals surface area contributed by atoms with Gasteiger partial charge in [-0.05, 0) is 25.1 Å². The summed E-state index contributed by atoms with van der Waals surface area (Å²) >= 11 is 11.9. The van der Waals surface area contributed by atoms with Gasteiger partial charge in [-0.3, -0.25) is 0 Å². The molecule has 0 aliphatic heterocycles. The average Bonchev–Trinajstić information content (AvgIpc) is 2.37. The van der Waals surface area contributed by atoms with Crippen molar-refractivity contribution < 1.29 is 14.6 Å². The van der Waals surface area contributed by atoms with Crippen LogP contribution in [0.2, 0.25) is 10.0 Å². The third kappa shape index (κ3) is 2.97. The molecule has 6 heteroatoms. The minimum absolute atomic E-state index is 0.0991. The molecule has 0 saturated heterocycles. The molecule has 0 atom stereocenters. The standard InChI is InChI=1S/C13H9Cl2NO3/c1-7-5-8(13(17)18)6-16-12(7)19-10-4-2-3-9(14)11(10)15/h2-6H,1H3,(H,17,18). The van der Waals surface area contributed by atoms with Gasteiger partial charge in [0.25, 0.3) is 0 Å². The summed E-state index contributed by atoms with van der Waals surface area (Å²) < 4.78 is 5.54. The molecule has 2 rings (SSSR count). The first-order valence-electron chi connectivity index (χ1n) is 5.31. The van der Waals surface area contributed by atoms with Crippen molar-refractivity contribution in [1.29, 1.82) is 0 Å². The first-order valence-corrected chi connectivity index (χ1v) is 6.06. The Balaban J connectivity index is 2.34. The van der Waals surface area contributed by atoms with E-state index in [0.717, 1.165) is 0 Å². The van der Waals surface area contributed by atoms with E-state index in [1.165, 1.54) is 12.3 Å². The van der Waals surface area contributed by atoms with Crippen LogP contribution in [-0.4, -0.2) is 16.1 Å². The zero-order valence-electron chi connectivity index (χ0n) is 9.85. The van der Waals surface area contributed by atoms with Crippen LogP contribution in [0.3, 0.4) is 0 Å². The highest BCUT2D eigenvalue weighted by Gasteiger charge is 2.11. The summed E-state index contributed by atoms with van der Waals surface area (Å²) in [5, 5.41) is 9.51. The SMILES string of the molecule is Cc1cc(C(=O)O)cnc1Oc1cccc(Cl)c1Cl. The number of nitrogens with zero attached hydrogens (tertiary/aromatic N) is 1. The van der Waals surface area contributed by atoms with E-state index in [0.29, 0.717) is 16.3 Å². The number of rotatable bonds is 3. The summed E-state index contributed by atoms with van der Waals surface area (Å²) in [6.45, 7) is 1.70. The second-order valence-electron chi connectivity index (χ2n) is 3.81. The Morgan fingerprint density at radius 1 is 1.37 bits per heavy atom. The zero-order chi connectivity index (χ0) is 14.0. The van der Waals surface area contributed by atoms with Crippen LogP contribution in [0.15, 0.2) is 30.5 Å². The third-order valence-corrected chi connectivity index (χ3v) is 3.20. The maximum atomic E-state index is 10.8. The molecule has 19 heavy (non-hydrogen) atoms. The Hall–Kier alpha value is -1.78. The van der Waals surface area contributed by atoms with Crippen LogP contribution in [0.4, 0.5) is 0 Å². The Morgan fingerprint density at radius 2 is 2.11 bits per heavy atom. The number of halogens is 2. The largest absolute Gasteiger partial charge is 0.478 e. The first kappa shape index (κ1) is 13.6. The van der Waals surface area contributed by atoms with Crippen molar-refractivity contribution >= 4 is 29.2 Å². The molecule has 0 spiro atoms. The minimum atomic E-state index is -1.04. The molecule has 1 heterocycles. The van der Waals surface area contributed by atoms with Gasteiger partial charge in [-0.25, -0.2) is 9.78 Å². The Bertz CT molecular complexity index is 644. The summed E-state index contributed by atoms with van der Waals surface area (Å²) in [5.74, 6) is -0.384. The second-order valence-corrected chi connectivity index (χ2v) is 4.59. The van der Waals surface area contributed by atoms with Crippen molar-refractivity contribution in [3.05, 3.63) is 51.6 Å². The highest BCUT2D eigenvalue weighted by Crippen LogP contribution is 2.34. The number of aryl methyl sites for hydroxylation is 1. The number of carboxylic acids is 1. The molecule has 1 N–H and O–H groups in total. The van der Waals surface area contributed by atoms with E-state index >= 15 is 0 Å². The summed E-state index contributed by atoms with van der Waals surface area (Å²) in [4.78, 5) is 14.8. The molecule has 0 bridgehead atoms. The molecule has 0 amide bonds. The molecule has 98 valence electrons. The van der Waals surface area contributed by atoms with E-state index in [9.17, 15) is 4.79 Å². The van der Waals surface area contributed by atoms with E-state index in [4.69, 9.17) is 33.0 Å². The lowest BCUT2D eigenvalue weighted by Gasteiger charge is -2.10. The number of aromatic nitrogens is 1. The van der Waals surface area contributed by atoms with Crippen molar-refractivity contribution in [3.8, 4) is 11.6 Å². The number of carboxylic acid groups (broad SMARTS) is 1. The summed E-state index contributed by atoms with van der Waals surface area (Å²) in [5.41, 5.74) is 0.693. The number of hydrogen-bond donors (Lipinski definition) is 1. The molecule has 0 aliphatic rings. The van der Waals surface area contributed by atoms with Crippen molar-refractivity contribution in [2.45, 2.75) is 6.92 Å². The number of pyridine rings is 1. The normalized spacial score (nSPS) is 10.3. The van der Waals surface area contributed by atoms with Crippen LogP contribution in [-0.2, 0) is 0 Å². The van der Waals surface area contributed by atoms with Gasteiger partial charge in [0.2, 0.25) is 5.88 Å². The lowest BCUT2D eigenvalue weighted by molar-refractivity contribution is 0.0696. The maximum absolute atomic E-state index is 10.8. The van der Waals surface area contributed by atoms with Gasteiger partial charge in [-0.15, -0.1) is 0 Å². The van der Waals surface area contributed by atoms with E-state index < -0.39 is 5.97 Å². The number of carbonyl (C=O) groups is 1. The maximum Gasteiger partial charge on any atom is 0.337 e. The van der Waals surface area contributed by atoms with E-state index in [1.807, 2.05) is 0 Å². The average molecular weight is 298 g/mol. The van der Waals surface area contributed by atoms with Crippen molar-refractivity contribution in [2.24, 2.45) is 0 Å². The van der Waals surface area contributed by atoms with Gasteiger partial charge in [0.05, 0.1) is 10.6 Å². The van der Waals surface area contributed by atoms with Gasteiger partial charge in [-0.1, -0.05) is 29.3 Å². The Labute approximate surface area is 119 Å². The van der Waals surface area contributed by atoms with Crippen LogP contribution in [0.1, 0.15) is 15.9 Å². The van der Waals surface area contributed by atoms with Crippen molar-refractivity contribution in [3.63, 3.8) is 0 Å². The number of benzene rings is 1. The molecule has 1 aromatic carbocycles. The fourth-order valence-electron chi connectivity index (χ4n) is 1.45. The number of ether oxygens (including phenoxy) is 1. The van der Waals surface area contributed by atoms with Crippen LogP contribution in [0.5, 0.6) is 11.6 Å². The number of aromatic carboxylic acids is 1. The van der Waals surface area contributed by atoms with Crippen molar-refractivity contribution in [2.75, 3.05) is 0 Å². The Kier molecular flexibility index (Phi) is 3.93. The number of hydrogen-bond acceptors (Lipinski definition) is 3. The fraction of sp³-hybridized carbons (Fsp3) is 0.0769. The molecule has 2 aromatic rings. The predicted octanol–water partition coefficient (Wildman–Crippen LogP) is 4.19. The molecule has 4 nitrogen and oxygen atoms in total. The van der Waals surface area contributed by atoms with E-state index in [1.54, 1.807) is 25.1 Å². The van der Waals surface area contributed by atoms with Gasteiger partial charge in [0.15, 0.2) is 0 Å². The van der Waals surface area contributed by atoms with Gasteiger partial charge >= 0.3 is 5.97 Å². The lowest BCUT2D eigenvalue weighted by Crippen LogP contribution is -2.00. The predicted molar refractivity (Wildman–Crippen MR) is 72.5 cm³/mol. The summed E-state index contributed by atoms with van der Waals surface area (Å²) in [7, 11) is 0. The molecule has 0 fully saturated rings. The van der Waals surface area contributed by atoms with E-state index in [-0.39, 0.29) is 16.5 Å². The molecular formula is C13H9Cl2NO3. The van der Waals surface area contributed by atoms with Gasteiger partial charge in [-0.2, -0.15) is 0 Å². The van der Waals surface area contributed by atoms with E-state index in [2.05, 4.69) is 4.98 Å². The second kappa shape index (κ2) is 5.47. The fourth-order valence-corrected chi connectivity index (χ4v) is 1.78. The highest BCUT2D eigenvalue weighted by atomic mass is 35.5. The van der Waals surface area contributed by atoms with Crippen LogP contribution >= 0.6 is 23.2 Å². The smallest absolute Gasteiger partial charge is 0.337 e. The Morgan fingerprint density at radius 3 is 2.74 bits per heavy atom. The molecule has 0 aliphatic carbocycles. The molecular weight excluding hydrogens is 289 g/mol. The first-order chi connectivity index (χ1) is 8.99. The molecule has 0 radical (unpaired) electrons. The van der Waals surface area contributed by atoms with Crippen LogP contribution in [0, 0.1) is 6.92 Å². The summed E-state index contributed by atoms with van der Waals surface area (Å²) in [6.07, 6.45) is 1.23. The zero-order valence-corrected chi connectivity index (χ0v) is 11.4. The molecule has 0 saturated carbocycles. The van der Waals surface area contributed by atoms with Crippen LogP contribution < -0.4 is 4.74 Å². The van der Waals surface area contributed by atoms with Crippen molar-refractivity contribution in [1.82, 2.24) is 4.98 Å². The highest BCUT2D eigenvalue weighted by molar-refractivity contribution is 6.42. The minimum Gasteiger partial charge on any atom is -0.478 e. The third-order valence-electron chi connectivity index (χ3n) is 2.40. The lowest BCUT2D eigenvalue weighted by atomic mass is 10.2. The summed E-state index contributed by atoms with van der Waals surface area (Å²) in [6, 6.07) is 6.47. The van der Waals surface area contributed by atoms with Crippen LogP contribution in [0.25, 0.3) is 0 Å².